The zero-order valence-electron chi connectivity index (χ0n) is 16.8. The third kappa shape index (κ3) is 8.34. The van der Waals surface area contributed by atoms with E-state index in [0.717, 1.165) is 31.1 Å². The molecule has 0 radical (unpaired) electrons. The minimum Gasteiger partial charge on any atom is -0.378 e. The Morgan fingerprint density at radius 2 is 1.85 bits per heavy atom. The van der Waals surface area contributed by atoms with Gasteiger partial charge in [-0.3, -0.25) is 9.79 Å². The molecule has 26 heavy (non-hydrogen) atoms. The van der Waals surface area contributed by atoms with E-state index < -0.39 is 0 Å². The quantitative estimate of drug-likeness (QED) is 0.339. The first-order valence-corrected chi connectivity index (χ1v) is 9.38. The van der Waals surface area contributed by atoms with Crippen molar-refractivity contribution in [1.82, 2.24) is 16.0 Å². The molecule has 0 saturated carbocycles. The van der Waals surface area contributed by atoms with E-state index in [-0.39, 0.29) is 12.0 Å². The zero-order chi connectivity index (χ0) is 19.4. The monoisotopic (exact) mass is 362 g/mol. The number of nitrogens with zero attached hydrogens (tertiary/aromatic N) is 1. The Morgan fingerprint density at radius 3 is 2.46 bits per heavy atom. The van der Waals surface area contributed by atoms with Crippen LogP contribution in [0.3, 0.4) is 0 Å². The van der Waals surface area contributed by atoms with E-state index in [1.165, 1.54) is 0 Å². The number of nitrogens with one attached hydrogen (secondary N) is 3. The fraction of sp³-hybridized carbons (Fsp3) is 0.600. The van der Waals surface area contributed by atoms with Gasteiger partial charge < -0.3 is 20.7 Å². The van der Waals surface area contributed by atoms with Gasteiger partial charge in [-0.2, -0.15) is 0 Å². The lowest BCUT2D eigenvalue weighted by Crippen LogP contribution is -2.42. The number of aryl methyl sites for hydroxylation is 1. The van der Waals surface area contributed by atoms with Crippen molar-refractivity contribution in [2.24, 2.45) is 10.9 Å². The number of carbonyl (C=O) groups is 1. The summed E-state index contributed by atoms with van der Waals surface area (Å²) < 4.78 is 5.75. The molecule has 1 atom stereocenters. The Morgan fingerprint density at radius 1 is 1.15 bits per heavy atom. The number of ether oxygens (including phenoxy) is 1. The topological polar surface area (TPSA) is 74.8 Å². The molecule has 0 aliphatic carbocycles. The Kier molecular flexibility index (Phi) is 10.4. The standard InChI is InChI=1S/C20H34N4O2/c1-6-26-18(15(2)3)10-11-23-20(21-5)24-13-12-22-19(25)17-9-7-8-16(4)14-17/h7-9,14-15,18H,6,10-13H2,1-5H3,(H,22,25)(H2,21,23,24). The predicted octanol–water partition coefficient (Wildman–Crippen LogP) is 2.34. The Hall–Kier alpha value is -2.08. The second-order valence-corrected chi connectivity index (χ2v) is 6.58. The highest BCUT2D eigenvalue weighted by Gasteiger charge is 2.13. The lowest BCUT2D eigenvalue weighted by atomic mass is 10.0. The average Bonchev–Trinajstić information content (AvgIpc) is 2.62. The van der Waals surface area contributed by atoms with E-state index in [4.69, 9.17) is 4.74 Å². The van der Waals surface area contributed by atoms with Crippen LogP contribution in [0.25, 0.3) is 0 Å². The van der Waals surface area contributed by atoms with Crippen molar-refractivity contribution in [2.45, 2.75) is 40.2 Å². The van der Waals surface area contributed by atoms with Crippen LogP contribution in [0.2, 0.25) is 0 Å². The fourth-order valence-electron chi connectivity index (χ4n) is 2.62. The van der Waals surface area contributed by atoms with Crippen LogP contribution in [-0.4, -0.2) is 51.3 Å². The first-order chi connectivity index (χ1) is 12.5. The van der Waals surface area contributed by atoms with Gasteiger partial charge in [0.25, 0.3) is 5.91 Å². The summed E-state index contributed by atoms with van der Waals surface area (Å²) in [6.07, 6.45) is 1.18. The molecule has 1 unspecified atom stereocenters. The molecule has 0 spiro atoms. The number of hydrogen-bond donors (Lipinski definition) is 3. The summed E-state index contributed by atoms with van der Waals surface area (Å²) in [7, 11) is 1.74. The van der Waals surface area contributed by atoms with Crippen molar-refractivity contribution in [3.8, 4) is 0 Å². The molecular weight excluding hydrogens is 328 g/mol. The van der Waals surface area contributed by atoms with Crippen LogP contribution in [0.4, 0.5) is 0 Å². The van der Waals surface area contributed by atoms with Gasteiger partial charge in [0, 0.05) is 38.9 Å². The number of aliphatic imine (C=N–C) groups is 1. The SMILES string of the molecule is CCOC(CCNC(=NC)NCCNC(=O)c1cccc(C)c1)C(C)C. The maximum absolute atomic E-state index is 12.1. The minimum absolute atomic E-state index is 0.0602. The third-order valence-corrected chi connectivity index (χ3v) is 4.05. The van der Waals surface area contributed by atoms with Gasteiger partial charge in [-0.25, -0.2) is 0 Å². The molecule has 1 aromatic carbocycles. The fourth-order valence-corrected chi connectivity index (χ4v) is 2.62. The molecule has 6 nitrogen and oxygen atoms in total. The van der Waals surface area contributed by atoms with E-state index in [2.05, 4.69) is 34.8 Å². The van der Waals surface area contributed by atoms with Crippen molar-refractivity contribution in [3.63, 3.8) is 0 Å². The van der Waals surface area contributed by atoms with E-state index in [9.17, 15) is 4.79 Å². The van der Waals surface area contributed by atoms with E-state index in [0.29, 0.717) is 24.6 Å². The largest absolute Gasteiger partial charge is 0.378 e. The van der Waals surface area contributed by atoms with Crippen LogP contribution >= 0.6 is 0 Å². The first kappa shape index (κ1) is 22.0. The number of carbonyl (C=O) groups excluding carboxylic acids is 1. The number of guanidine groups is 1. The van der Waals surface area contributed by atoms with Gasteiger partial charge in [-0.05, 0) is 38.3 Å². The summed E-state index contributed by atoms with van der Waals surface area (Å²) in [6, 6.07) is 7.57. The zero-order valence-corrected chi connectivity index (χ0v) is 16.8. The summed E-state index contributed by atoms with van der Waals surface area (Å²) in [5.41, 5.74) is 1.76. The Labute approximate surface area is 157 Å². The summed E-state index contributed by atoms with van der Waals surface area (Å²) in [5.74, 6) is 1.16. The molecule has 6 heteroatoms. The number of benzene rings is 1. The van der Waals surface area contributed by atoms with Crippen LogP contribution in [-0.2, 0) is 4.74 Å². The summed E-state index contributed by atoms with van der Waals surface area (Å²) >= 11 is 0. The summed E-state index contributed by atoms with van der Waals surface area (Å²) in [5, 5.41) is 9.40. The third-order valence-electron chi connectivity index (χ3n) is 4.05. The van der Waals surface area contributed by atoms with Crippen LogP contribution in [0, 0.1) is 12.8 Å². The number of amides is 1. The van der Waals surface area contributed by atoms with E-state index >= 15 is 0 Å². The summed E-state index contributed by atoms with van der Waals surface area (Å²) in [6.45, 7) is 11.0. The molecule has 0 heterocycles. The normalized spacial score (nSPS) is 12.8. The first-order valence-electron chi connectivity index (χ1n) is 9.38. The van der Waals surface area contributed by atoms with Crippen molar-refractivity contribution in [1.29, 1.82) is 0 Å². The van der Waals surface area contributed by atoms with Crippen molar-refractivity contribution in [2.75, 3.05) is 33.3 Å². The molecular formula is C20H34N4O2. The summed E-state index contributed by atoms with van der Waals surface area (Å²) in [4.78, 5) is 16.3. The predicted molar refractivity (Wildman–Crippen MR) is 108 cm³/mol. The van der Waals surface area contributed by atoms with E-state index in [1.54, 1.807) is 7.05 Å². The molecule has 3 N–H and O–H groups in total. The van der Waals surface area contributed by atoms with Crippen LogP contribution in [0.5, 0.6) is 0 Å². The molecule has 146 valence electrons. The lowest BCUT2D eigenvalue weighted by molar-refractivity contribution is 0.0258. The number of rotatable bonds is 10. The maximum Gasteiger partial charge on any atom is 0.251 e. The molecule has 0 fully saturated rings. The molecule has 0 bridgehead atoms. The van der Waals surface area contributed by atoms with Gasteiger partial charge in [-0.1, -0.05) is 31.5 Å². The van der Waals surface area contributed by atoms with Crippen molar-refractivity contribution < 1.29 is 9.53 Å². The highest BCUT2D eigenvalue weighted by molar-refractivity contribution is 5.94. The van der Waals surface area contributed by atoms with E-state index in [1.807, 2.05) is 38.1 Å². The highest BCUT2D eigenvalue weighted by atomic mass is 16.5. The van der Waals surface area contributed by atoms with Gasteiger partial charge in [0.1, 0.15) is 0 Å². The average molecular weight is 363 g/mol. The molecule has 1 amide bonds. The van der Waals surface area contributed by atoms with Gasteiger partial charge in [0.2, 0.25) is 0 Å². The second-order valence-electron chi connectivity index (χ2n) is 6.58. The molecule has 0 aliphatic rings. The molecule has 0 saturated heterocycles. The molecule has 1 aromatic rings. The highest BCUT2D eigenvalue weighted by Crippen LogP contribution is 2.09. The van der Waals surface area contributed by atoms with Crippen molar-refractivity contribution in [3.05, 3.63) is 35.4 Å². The number of hydrogen-bond acceptors (Lipinski definition) is 3. The maximum atomic E-state index is 12.1. The van der Waals surface area contributed by atoms with Crippen molar-refractivity contribution >= 4 is 11.9 Å². The molecule has 1 rings (SSSR count). The van der Waals surface area contributed by atoms with Gasteiger partial charge in [0.15, 0.2) is 5.96 Å². The van der Waals surface area contributed by atoms with Gasteiger partial charge in [0.05, 0.1) is 6.10 Å². The molecule has 0 aliphatic heterocycles. The van der Waals surface area contributed by atoms with Gasteiger partial charge >= 0.3 is 0 Å². The lowest BCUT2D eigenvalue weighted by Gasteiger charge is -2.21. The molecule has 0 aromatic heterocycles. The van der Waals surface area contributed by atoms with Crippen LogP contribution in [0.15, 0.2) is 29.3 Å². The smallest absolute Gasteiger partial charge is 0.251 e. The van der Waals surface area contributed by atoms with Gasteiger partial charge in [-0.15, -0.1) is 0 Å². The second kappa shape index (κ2) is 12.3. The Bertz CT molecular complexity index is 573. The Balaban J connectivity index is 2.26. The minimum atomic E-state index is -0.0602. The van der Waals surface area contributed by atoms with Crippen LogP contribution < -0.4 is 16.0 Å². The van der Waals surface area contributed by atoms with Crippen LogP contribution in [0.1, 0.15) is 43.1 Å².